The van der Waals surface area contributed by atoms with Crippen molar-refractivity contribution in [2.24, 2.45) is 0 Å². The van der Waals surface area contributed by atoms with Gasteiger partial charge in [-0.1, -0.05) is 13.0 Å². The highest BCUT2D eigenvalue weighted by molar-refractivity contribution is 5.57. The van der Waals surface area contributed by atoms with Crippen LogP contribution in [0, 0.1) is 13.8 Å². The number of aryl methyl sites for hydroxylation is 2. The Morgan fingerprint density at radius 3 is 2.45 bits per heavy atom. The molecular weight excluding hydrogens is 250 g/mol. The van der Waals surface area contributed by atoms with Crippen LogP contribution in [0.2, 0.25) is 0 Å². The highest BCUT2D eigenvalue weighted by Gasteiger charge is 2.09. The van der Waals surface area contributed by atoms with Crippen molar-refractivity contribution in [3.63, 3.8) is 0 Å². The highest BCUT2D eigenvalue weighted by Crippen LogP contribution is 2.20. The van der Waals surface area contributed by atoms with Crippen LogP contribution in [0.1, 0.15) is 29.7 Å². The molecule has 0 bridgehead atoms. The second-order valence-electron chi connectivity index (χ2n) is 4.69. The van der Waals surface area contributed by atoms with E-state index in [1.165, 1.54) is 0 Å². The summed E-state index contributed by atoms with van der Waals surface area (Å²) in [4.78, 5) is 13.5. The van der Waals surface area contributed by atoms with Crippen LogP contribution in [0.3, 0.4) is 0 Å². The zero-order valence-electron chi connectivity index (χ0n) is 12.5. The molecule has 2 heterocycles. The van der Waals surface area contributed by atoms with Crippen molar-refractivity contribution >= 4 is 11.6 Å². The van der Waals surface area contributed by atoms with E-state index in [0.29, 0.717) is 6.54 Å². The zero-order chi connectivity index (χ0) is 14.5. The normalized spacial score (nSPS) is 10.4. The van der Waals surface area contributed by atoms with Crippen LogP contribution in [0.25, 0.3) is 0 Å². The van der Waals surface area contributed by atoms with E-state index in [4.69, 9.17) is 0 Å². The van der Waals surface area contributed by atoms with E-state index < -0.39 is 0 Å². The summed E-state index contributed by atoms with van der Waals surface area (Å²) in [5, 5.41) is 6.46. The first-order chi connectivity index (χ1) is 9.63. The van der Waals surface area contributed by atoms with Gasteiger partial charge in [-0.2, -0.15) is 0 Å². The number of nitrogens with one attached hydrogen (secondary N) is 2. The maximum absolute atomic E-state index is 4.55. The third-order valence-corrected chi connectivity index (χ3v) is 3.13. The topological polar surface area (TPSA) is 62.7 Å². The van der Waals surface area contributed by atoms with E-state index in [0.717, 1.165) is 40.8 Å². The largest absolute Gasteiger partial charge is 0.373 e. The SMILES string of the molecule is CCc1nc(NC)c(C)c(NCc2cccc(C)n2)n1. The van der Waals surface area contributed by atoms with Crippen molar-refractivity contribution in [3.05, 3.63) is 41.0 Å². The van der Waals surface area contributed by atoms with Gasteiger partial charge in [-0.3, -0.25) is 4.98 Å². The summed E-state index contributed by atoms with van der Waals surface area (Å²) in [6, 6.07) is 6.02. The van der Waals surface area contributed by atoms with Crippen LogP contribution in [0.15, 0.2) is 18.2 Å². The molecule has 2 rings (SSSR count). The second kappa shape index (κ2) is 6.32. The number of anilines is 2. The van der Waals surface area contributed by atoms with Gasteiger partial charge in [-0.25, -0.2) is 9.97 Å². The molecule has 0 aliphatic rings. The molecule has 5 nitrogen and oxygen atoms in total. The lowest BCUT2D eigenvalue weighted by Crippen LogP contribution is -2.10. The first kappa shape index (κ1) is 14.2. The fraction of sp³-hybridized carbons (Fsp3) is 0.400. The average Bonchev–Trinajstić information content (AvgIpc) is 2.46. The van der Waals surface area contributed by atoms with Gasteiger partial charge in [-0.15, -0.1) is 0 Å². The molecule has 0 atom stereocenters. The molecule has 0 spiro atoms. The molecule has 0 radical (unpaired) electrons. The van der Waals surface area contributed by atoms with Crippen LogP contribution < -0.4 is 10.6 Å². The van der Waals surface area contributed by atoms with Crippen LogP contribution in [0.4, 0.5) is 11.6 Å². The minimum absolute atomic E-state index is 0.659. The number of pyridine rings is 1. The van der Waals surface area contributed by atoms with Gasteiger partial charge in [0.1, 0.15) is 17.5 Å². The summed E-state index contributed by atoms with van der Waals surface area (Å²) in [7, 11) is 1.88. The van der Waals surface area contributed by atoms with Crippen LogP contribution >= 0.6 is 0 Å². The van der Waals surface area contributed by atoms with Gasteiger partial charge in [-0.05, 0) is 26.0 Å². The van der Waals surface area contributed by atoms with E-state index in [9.17, 15) is 0 Å². The Morgan fingerprint density at radius 2 is 1.80 bits per heavy atom. The van der Waals surface area contributed by atoms with Gasteiger partial charge >= 0.3 is 0 Å². The first-order valence-electron chi connectivity index (χ1n) is 6.85. The van der Waals surface area contributed by atoms with Gasteiger partial charge < -0.3 is 10.6 Å². The summed E-state index contributed by atoms with van der Waals surface area (Å²) in [6.07, 6.45) is 0.812. The second-order valence-corrected chi connectivity index (χ2v) is 4.69. The number of aromatic nitrogens is 3. The van der Waals surface area contributed by atoms with E-state index >= 15 is 0 Å². The lowest BCUT2D eigenvalue weighted by Gasteiger charge is -2.13. The molecule has 0 aliphatic carbocycles. The number of nitrogens with zero attached hydrogens (tertiary/aromatic N) is 3. The Hall–Kier alpha value is -2.17. The predicted molar refractivity (Wildman–Crippen MR) is 82.0 cm³/mol. The summed E-state index contributed by atoms with van der Waals surface area (Å²) in [6.45, 7) is 6.72. The standard InChI is InChI=1S/C15H21N5/c1-5-13-19-14(16-4)11(3)15(20-13)17-9-12-8-6-7-10(2)18-12/h6-8H,5,9H2,1-4H3,(H2,16,17,19,20). The molecule has 20 heavy (non-hydrogen) atoms. The molecule has 0 aliphatic heterocycles. The van der Waals surface area contributed by atoms with Gasteiger partial charge in [0.15, 0.2) is 0 Å². The minimum Gasteiger partial charge on any atom is -0.373 e. The third kappa shape index (κ3) is 3.23. The Bertz CT molecular complexity index is 595. The maximum atomic E-state index is 4.55. The molecule has 2 aromatic rings. The summed E-state index contributed by atoms with van der Waals surface area (Å²) >= 11 is 0. The molecule has 0 aromatic carbocycles. The number of rotatable bonds is 5. The van der Waals surface area contributed by atoms with Gasteiger partial charge in [0, 0.05) is 24.7 Å². The quantitative estimate of drug-likeness (QED) is 0.875. The van der Waals surface area contributed by atoms with Crippen molar-refractivity contribution in [2.75, 3.05) is 17.7 Å². The lowest BCUT2D eigenvalue weighted by atomic mass is 10.2. The van der Waals surface area contributed by atoms with Crippen molar-refractivity contribution in [1.82, 2.24) is 15.0 Å². The van der Waals surface area contributed by atoms with Gasteiger partial charge in [0.25, 0.3) is 0 Å². The van der Waals surface area contributed by atoms with Gasteiger partial charge in [0.2, 0.25) is 0 Å². The Balaban J connectivity index is 2.20. The molecule has 0 fully saturated rings. The monoisotopic (exact) mass is 271 g/mol. The van der Waals surface area contributed by atoms with Crippen molar-refractivity contribution < 1.29 is 0 Å². The maximum Gasteiger partial charge on any atom is 0.135 e. The van der Waals surface area contributed by atoms with Crippen LogP contribution in [-0.4, -0.2) is 22.0 Å². The van der Waals surface area contributed by atoms with E-state index in [1.54, 1.807) is 0 Å². The summed E-state index contributed by atoms with van der Waals surface area (Å²) in [5.74, 6) is 2.57. The Morgan fingerprint density at radius 1 is 1.05 bits per heavy atom. The molecule has 0 amide bonds. The van der Waals surface area contributed by atoms with Crippen molar-refractivity contribution in [2.45, 2.75) is 33.7 Å². The molecule has 106 valence electrons. The number of hydrogen-bond acceptors (Lipinski definition) is 5. The van der Waals surface area contributed by atoms with Crippen LogP contribution in [-0.2, 0) is 13.0 Å². The Labute approximate surface area is 119 Å². The Kier molecular flexibility index (Phi) is 4.50. The summed E-state index contributed by atoms with van der Waals surface area (Å²) < 4.78 is 0. The molecular formula is C15H21N5. The van der Waals surface area contributed by atoms with E-state index in [2.05, 4.69) is 32.5 Å². The smallest absolute Gasteiger partial charge is 0.135 e. The zero-order valence-corrected chi connectivity index (χ0v) is 12.5. The molecule has 5 heteroatoms. The van der Waals surface area contributed by atoms with E-state index in [1.807, 2.05) is 39.1 Å². The predicted octanol–water partition coefficient (Wildman–Crippen LogP) is 2.70. The van der Waals surface area contributed by atoms with Crippen molar-refractivity contribution in [3.8, 4) is 0 Å². The lowest BCUT2D eigenvalue weighted by molar-refractivity contribution is 0.917. The molecule has 0 saturated heterocycles. The van der Waals surface area contributed by atoms with E-state index in [-0.39, 0.29) is 0 Å². The first-order valence-corrected chi connectivity index (χ1v) is 6.85. The van der Waals surface area contributed by atoms with Gasteiger partial charge in [0.05, 0.1) is 12.2 Å². The summed E-state index contributed by atoms with van der Waals surface area (Å²) in [5.41, 5.74) is 3.05. The average molecular weight is 271 g/mol. The number of hydrogen-bond donors (Lipinski definition) is 2. The third-order valence-electron chi connectivity index (χ3n) is 3.13. The fourth-order valence-electron chi connectivity index (χ4n) is 2.01. The van der Waals surface area contributed by atoms with Crippen LogP contribution in [0.5, 0.6) is 0 Å². The molecule has 0 unspecified atom stereocenters. The van der Waals surface area contributed by atoms with Crippen molar-refractivity contribution in [1.29, 1.82) is 0 Å². The molecule has 0 saturated carbocycles. The fourth-order valence-corrected chi connectivity index (χ4v) is 2.01. The molecule has 2 N–H and O–H groups in total. The minimum atomic E-state index is 0.659. The molecule has 2 aromatic heterocycles. The highest BCUT2D eigenvalue weighted by atomic mass is 15.1.